The average Bonchev–Trinajstić information content (AvgIpc) is 3.21. The van der Waals surface area contributed by atoms with Crippen molar-refractivity contribution in [2.75, 3.05) is 5.32 Å². The Balaban J connectivity index is 1.96. The van der Waals surface area contributed by atoms with Crippen LogP contribution < -0.4 is 10.6 Å². The minimum atomic E-state index is -0.788. The van der Waals surface area contributed by atoms with E-state index in [1.807, 2.05) is 6.92 Å². The summed E-state index contributed by atoms with van der Waals surface area (Å²) in [6.07, 6.45) is 6.97. The summed E-state index contributed by atoms with van der Waals surface area (Å²) in [5, 5.41) is 14.6. The van der Waals surface area contributed by atoms with Gasteiger partial charge in [-0.25, -0.2) is 4.79 Å². The first kappa shape index (κ1) is 14.9. The molecule has 1 unspecified atom stereocenters. The number of carbonyl (C=O) groups excluding carboxylic acids is 1. The van der Waals surface area contributed by atoms with E-state index in [9.17, 15) is 14.7 Å². The Kier molecular flexibility index (Phi) is 4.18. The van der Waals surface area contributed by atoms with Crippen LogP contribution in [0.2, 0.25) is 0 Å². The van der Waals surface area contributed by atoms with Crippen LogP contribution >= 0.6 is 0 Å². The summed E-state index contributed by atoms with van der Waals surface area (Å²) in [5.41, 5.74) is 0.675. The number of hydrogen-bond donors (Lipinski definition) is 3. The van der Waals surface area contributed by atoms with E-state index in [-0.39, 0.29) is 12.1 Å². The second-order valence-corrected chi connectivity index (χ2v) is 5.37. The van der Waals surface area contributed by atoms with Gasteiger partial charge in [-0.2, -0.15) is 0 Å². The standard InChI is InChI=1S/C16H18N2O3/c1-3-4-11(2)17-15(21)18-13-7-5-12(6-8-13)16(9-10-16)14(19)20/h1,5-8,11H,4,9-10H2,2H3,(H,19,20)(H2,17,18,21). The first-order valence-corrected chi connectivity index (χ1v) is 6.83. The highest BCUT2D eigenvalue weighted by molar-refractivity contribution is 5.90. The number of aliphatic carboxylic acids is 1. The molecule has 110 valence electrons. The van der Waals surface area contributed by atoms with Crippen LogP contribution in [0, 0.1) is 12.3 Å². The summed E-state index contributed by atoms with van der Waals surface area (Å²) >= 11 is 0. The zero-order valence-electron chi connectivity index (χ0n) is 11.8. The van der Waals surface area contributed by atoms with Crippen molar-refractivity contribution in [1.29, 1.82) is 0 Å². The highest BCUT2D eigenvalue weighted by Gasteiger charge is 2.51. The Hall–Kier alpha value is -2.48. The summed E-state index contributed by atoms with van der Waals surface area (Å²) < 4.78 is 0. The molecule has 21 heavy (non-hydrogen) atoms. The van der Waals surface area contributed by atoms with Crippen LogP contribution in [0.3, 0.4) is 0 Å². The zero-order valence-corrected chi connectivity index (χ0v) is 11.8. The molecular formula is C16H18N2O3. The largest absolute Gasteiger partial charge is 0.481 e. The van der Waals surface area contributed by atoms with Crippen molar-refractivity contribution in [2.24, 2.45) is 0 Å². The van der Waals surface area contributed by atoms with E-state index >= 15 is 0 Å². The second-order valence-electron chi connectivity index (χ2n) is 5.37. The van der Waals surface area contributed by atoms with E-state index in [0.29, 0.717) is 24.9 Å². The number of carboxylic acid groups (broad SMARTS) is 1. The molecule has 1 aromatic carbocycles. The number of amides is 2. The molecule has 1 aliphatic carbocycles. The number of benzene rings is 1. The number of carbonyl (C=O) groups is 2. The van der Waals surface area contributed by atoms with Gasteiger partial charge in [0.1, 0.15) is 0 Å². The molecule has 0 heterocycles. The summed E-state index contributed by atoms with van der Waals surface area (Å²) in [7, 11) is 0. The quantitative estimate of drug-likeness (QED) is 0.727. The fraction of sp³-hybridized carbons (Fsp3) is 0.375. The molecule has 0 aromatic heterocycles. The minimum Gasteiger partial charge on any atom is -0.481 e. The molecular weight excluding hydrogens is 268 g/mol. The highest BCUT2D eigenvalue weighted by atomic mass is 16.4. The number of anilines is 1. The van der Waals surface area contributed by atoms with Gasteiger partial charge in [0.05, 0.1) is 5.41 Å². The van der Waals surface area contributed by atoms with Crippen molar-refractivity contribution < 1.29 is 14.7 Å². The van der Waals surface area contributed by atoms with Crippen LogP contribution in [0.4, 0.5) is 10.5 Å². The Morgan fingerprint density at radius 2 is 2.00 bits per heavy atom. The lowest BCUT2D eigenvalue weighted by Crippen LogP contribution is -2.35. The molecule has 1 fully saturated rings. The molecule has 3 N–H and O–H groups in total. The molecule has 1 atom stereocenters. The van der Waals surface area contributed by atoms with Gasteiger partial charge in [-0.05, 0) is 37.5 Å². The van der Waals surface area contributed by atoms with Gasteiger partial charge in [-0.15, -0.1) is 12.3 Å². The van der Waals surface area contributed by atoms with E-state index < -0.39 is 11.4 Å². The molecule has 2 rings (SSSR count). The minimum absolute atomic E-state index is 0.101. The predicted molar refractivity (Wildman–Crippen MR) is 80.1 cm³/mol. The topological polar surface area (TPSA) is 78.4 Å². The Morgan fingerprint density at radius 3 is 2.48 bits per heavy atom. The van der Waals surface area contributed by atoms with E-state index in [4.69, 9.17) is 6.42 Å². The van der Waals surface area contributed by atoms with Gasteiger partial charge in [-0.1, -0.05) is 12.1 Å². The number of rotatable bonds is 5. The Morgan fingerprint density at radius 1 is 1.38 bits per heavy atom. The van der Waals surface area contributed by atoms with Crippen LogP contribution in [-0.4, -0.2) is 23.1 Å². The van der Waals surface area contributed by atoms with Crippen LogP contribution in [-0.2, 0) is 10.2 Å². The normalized spacial score (nSPS) is 16.4. The van der Waals surface area contributed by atoms with E-state index in [1.54, 1.807) is 24.3 Å². The molecule has 0 bridgehead atoms. The lowest BCUT2D eigenvalue weighted by atomic mass is 9.96. The van der Waals surface area contributed by atoms with Crippen molar-refractivity contribution in [2.45, 2.75) is 37.6 Å². The van der Waals surface area contributed by atoms with Gasteiger partial charge in [0.15, 0.2) is 0 Å². The maximum absolute atomic E-state index is 11.7. The van der Waals surface area contributed by atoms with Gasteiger partial charge in [0.2, 0.25) is 0 Å². The maximum Gasteiger partial charge on any atom is 0.319 e. The molecule has 0 radical (unpaired) electrons. The van der Waals surface area contributed by atoms with Crippen molar-refractivity contribution >= 4 is 17.7 Å². The highest BCUT2D eigenvalue weighted by Crippen LogP contribution is 2.48. The van der Waals surface area contributed by atoms with Crippen molar-refractivity contribution in [3.05, 3.63) is 29.8 Å². The smallest absolute Gasteiger partial charge is 0.319 e. The lowest BCUT2D eigenvalue weighted by molar-refractivity contribution is -0.140. The molecule has 0 saturated heterocycles. The van der Waals surface area contributed by atoms with Crippen molar-refractivity contribution in [3.63, 3.8) is 0 Å². The molecule has 1 aromatic rings. The summed E-state index contributed by atoms with van der Waals surface area (Å²) in [6.45, 7) is 1.83. The predicted octanol–water partition coefficient (Wildman–Crippen LogP) is 2.34. The zero-order chi connectivity index (χ0) is 15.5. The second kappa shape index (κ2) is 5.88. The Bertz CT molecular complexity index is 583. The van der Waals surface area contributed by atoms with Gasteiger partial charge in [0.25, 0.3) is 0 Å². The fourth-order valence-corrected chi connectivity index (χ4v) is 2.24. The molecule has 5 nitrogen and oxygen atoms in total. The number of carboxylic acids is 1. The number of hydrogen-bond acceptors (Lipinski definition) is 2. The molecule has 2 amide bonds. The van der Waals surface area contributed by atoms with Crippen LogP contribution in [0.15, 0.2) is 24.3 Å². The van der Waals surface area contributed by atoms with Gasteiger partial charge < -0.3 is 15.7 Å². The first-order valence-electron chi connectivity index (χ1n) is 6.83. The molecule has 0 spiro atoms. The van der Waals surface area contributed by atoms with Gasteiger partial charge >= 0.3 is 12.0 Å². The van der Waals surface area contributed by atoms with E-state index in [0.717, 1.165) is 5.56 Å². The SMILES string of the molecule is C#CCC(C)NC(=O)Nc1ccc(C2(C(=O)O)CC2)cc1. The number of terminal acetylenes is 1. The van der Waals surface area contributed by atoms with Crippen molar-refractivity contribution in [1.82, 2.24) is 5.32 Å². The van der Waals surface area contributed by atoms with Crippen LogP contribution in [0.1, 0.15) is 31.7 Å². The summed E-state index contributed by atoms with van der Waals surface area (Å²) in [5.74, 6) is 1.69. The van der Waals surface area contributed by atoms with Crippen LogP contribution in [0.25, 0.3) is 0 Å². The third-order valence-corrected chi connectivity index (χ3v) is 3.66. The van der Waals surface area contributed by atoms with Crippen molar-refractivity contribution in [3.8, 4) is 12.3 Å². The van der Waals surface area contributed by atoms with Crippen LogP contribution in [0.5, 0.6) is 0 Å². The lowest BCUT2D eigenvalue weighted by Gasteiger charge is -2.13. The monoisotopic (exact) mass is 286 g/mol. The molecule has 5 heteroatoms. The fourth-order valence-electron chi connectivity index (χ4n) is 2.24. The van der Waals surface area contributed by atoms with Gasteiger partial charge in [-0.3, -0.25) is 4.79 Å². The summed E-state index contributed by atoms with van der Waals surface area (Å²) in [4.78, 5) is 22.9. The number of urea groups is 1. The third-order valence-electron chi connectivity index (χ3n) is 3.66. The van der Waals surface area contributed by atoms with E-state index in [2.05, 4.69) is 16.6 Å². The first-order chi connectivity index (χ1) is 9.98. The average molecular weight is 286 g/mol. The maximum atomic E-state index is 11.7. The molecule has 0 aliphatic heterocycles. The van der Waals surface area contributed by atoms with E-state index in [1.165, 1.54) is 0 Å². The molecule has 1 aliphatic rings. The molecule has 1 saturated carbocycles. The number of nitrogens with one attached hydrogen (secondary N) is 2. The Labute approximate surface area is 123 Å². The van der Waals surface area contributed by atoms with Gasteiger partial charge in [0, 0.05) is 18.2 Å². The third kappa shape index (κ3) is 3.34. The summed E-state index contributed by atoms with van der Waals surface area (Å²) in [6, 6.07) is 6.50.